The van der Waals surface area contributed by atoms with E-state index in [0.717, 1.165) is 32.6 Å². The van der Waals surface area contributed by atoms with Gasteiger partial charge in [-0.3, -0.25) is 9.78 Å². The molecule has 4 heterocycles. The van der Waals surface area contributed by atoms with Crippen molar-refractivity contribution in [3.05, 3.63) is 29.7 Å². The fourth-order valence-corrected chi connectivity index (χ4v) is 3.97. The molecule has 0 spiro atoms. The van der Waals surface area contributed by atoms with Crippen molar-refractivity contribution in [3.8, 4) is 11.3 Å². The van der Waals surface area contributed by atoms with E-state index in [1.165, 1.54) is 6.20 Å². The van der Waals surface area contributed by atoms with Crippen LogP contribution >= 0.6 is 11.6 Å². The van der Waals surface area contributed by atoms with Gasteiger partial charge >= 0.3 is 0 Å². The SMILES string of the molecule is O=C(Nc1cc(-c2cncc(NCC3CCOCC3)n2)c(Cl)cn1)[C@]1(F)CCCNC1. The Bertz CT molecular complexity index is 918. The Kier molecular flexibility index (Phi) is 6.94. The molecule has 2 aliphatic heterocycles. The highest BCUT2D eigenvalue weighted by Gasteiger charge is 2.40. The van der Waals surface area contributed by atoms with E-state index in [2.05, 4.69) is 30.9 Å². The third kappa shape index (κ3) is 5.47. The first kappa shape index (κ1) is 21.9. The van der Waals surface area contributed by atoms with Gasteiger partial charge in [0.05, 0.1) is 23.1 Å². The largest absolute Gasteiger partial charge is 0.381 e. The van der Waals surface area contributed by atoms with Crippen LogP contribution in [0.15, 0.2) is 24.7 Å². The summed E-state index contributed by atoms with van der Waals surface area (Å²) in [6.45, 7) is 3.07. The number of ether oxygens (including phenoxy) is 1. The van der Waals surface area contributed by atoms with Crippen LogP contribution in [0.3, 0.4) is 0 Å². The second-order valence-corrected chi connectivity index (χ2v) is 8.38. The second-order valence-electron chi connectivity index (χ2n) is 7.98. The Morgan fingerprint density at radius 3 is 2.90 bits per heavy atom. The summed E-state index contributed by atoms with van der Waals surface area (Å²) >= 11 is 6.33. The normalized spacial score (nSPS) is 22.1. The third-order valence-corrected chi connectivity index (χ3v) is 5.96. The maximum Gasteiger partial charge on any atom is 0.264 e. The number of piperidine rings is 1. The molecule has 4 rings (SSSR count). The van der Waals surface area contributed by atoms with Crippen molar-refractivity contribution < 1.29 is 13.9 Å². The number of pyridine rings is 1. The minimum atomic E-state index is -1.95. The first-order chi connectivity index (χ1) is 15.0. The highest BCUT2D eigenvalue weighted by molar-refractivity contribution is 6.33. The average molecular weight is 449 g/mol. The number of hydrogen-bond donors (Lipinski definition) is 3. The van der Waals surface area contributed by atoms with Gasteiger partial charge < -0.3 is 20.7 Å². The van der Waals surface area contributed by atoms with E-state index in [9.17, 15) is 9.18 Å². The Labute approximate surface area is 185 Å². The predicted molar refractivity (Wildman–Crippen MR) is 117 cm³/mol. The van der Waals surface area contributed by atoms with Crippen LogP contribution in [-0.2, 0) is 9.53 Å². The van der Waals surface area contributed by atoms with Crippen molar-refractivity contribution in [2.45, 2.75) is 31.4 Å². The fraction of sp³-hybridized carbons (Fsp3) is 0.524. The topological polar surface area (TPSA) is 101 Å². The molecule has 31 heavy (non-hydrogen) atoms. The van der Waals surface area contributed by atoms with E-state index in [-0.39, 0.29) is 18.8 Å². The number of carbonyl (C=O) groups is 1. The van der Waals surface area contributed by atoms with Gasteiger partial charge in [0.1, 0.15) is 11.6 Å². The molecule has 0 saturated carbocycles. The van der Waals surface area contributed by atoms with Gasteiger partial charge in [0.25, 0.3) is 5.91 Å². The van der Waals surface area contributed by atoms with Crippen molar-refractivity contribution in [1.82, 2.24) is 20.3 Å². The number of hydrogen-bond acceptors (Lipinski definition) is 7. The van der Waals surface area contributed by atoms with Crippen LogP contribution in [-0.4, -0.2) is 59.4 Å². The Morgan fingerprint density at radius 2 is 2.13 bits per heavy atom. The lowest BCUT2D eigenvalue weighted by molar-refractivity contribution is -0.128. The zero-order valence-corrected chi connectivity index (χ0v) is 17.9. The second kappa shape index (κ2) is 9.84. The lowest BCUT2D eigenvalue weighted by Gasteiger charge is -2.28. The molecule has 0 aliphatic carbocycles. The van der Waals surface area contributed by atoms with E-state index < -0.39 is 11.6 Å². The van der Waals surface area contributed by atoms with Gasteiger partial charge in [0.15, 0.2) is 0 Å². The summed E-state index contributed by atoms with van der Waals surface area (Å²) in [5.74, 6) is 0.680. The van der Waals surface area contributed by atoms with Gasteiger partial charge in [0.2, 0.25) is 5.67 Å². The fourth-order valence-electron chi connectivity index (χ4n) is 3.77. The summed E-state index contributed by atoms with van der Waals surface area (Å²) < 4.78 is 20.3. The molecule has 0 bridgehead atoms. The molecule has 1 amide bonds. The number of halogens is 2. The summed E-state index contributed by atoms with van der Waals surface area (Å²) in [7, 11) is 0. The summed E-state index contributed by atoms with van der Waals surface area (Å²) in [6.07, 6.45) is 7.49. The third-order valence-electron chi connectivity index (χ3n) is 5.66. The number of nitrogens with zero attached hydrogens (tertiary/aromatic N) is 3. The summed E-state index contributed by atoms with van der Waals surface area (Å²) in [4.78, 5) is 25.4. The van der Waals surface area contributed by atoms with E-state index in [4.69, 9.17) is 16.3 Å². The van der Waals surface area contributed by atoms with Crippen LogP contribution in [0.25, 0.3) is 11.3 Å². The standard InChI is InChI=1S/C21H26ClFN6O2/c22-16-10-27-18(29-20(30)21(23)4-1-5-24-13-21)8-15(16)17-11-25-12-19(28-17)26-9-14-2-6-31-7-3-14/h8,10-12,14,24H,1-7,9,13H2,(H,26,28)(H,27,29,30)/t21-/m0/s1. The maximum absolute atomic E-state index is 14.9. The number of aromatic nitrogens is 3. The molecule has 166 valence electrons. The van der Waals surface area contributed by atoms with Crippen molar-refractivity contribution in [2.75, 3.05) is 43.5 Å². The first-order valence-corrected chi connectivity index (χ1v) is 10.9. The molecular weight excluding hydrogens is 423 g/mol. The van der Waals surface area contributed by atoms with Crippen molar-refractivity contribution >= 4 is 29.1 Å². The molecule has 2 aromatic heterocycles. The van der Waals surface area contributed by atoms with Gasteiger partial charge in [-0.2, -0.15) is 0 Å². The number of anilines is 2. The molecule has 0 unspecified atom stereocenters. The Hall–Kier alpha value is -2.36. The minimum Gasteiger partial charge on any atom is -0.381 e. The number of carbonyl (C=O) groups excluding carboxylic acids is 1. The van der Waals surface area contributed by atoms with Crippen LogP contribution < -0.4 is 16.0 Å². The van der Waals surface area contributed by atoms with Crippen molar-refractivity contribution in [2.24, 2.45) is 5.92 Å². The van der Waals surface area contributed by atoms with Crippen LogP contribution in [0.4, 0.5) is 16.0 Å². The molecular formula is C21H26ClFN6O2. The van der Waals surface area contributed by atoms with Crippen LogP contribution in [0, 0.1) is 5.92 Å². The van der Waals surface area contributed by atoms with Crippen molar-refractivity contribution in [1.29, 1.82) is 0 Å². The summed E-state index contributed by atoms with van der Waals surface area (Å²) in [5.41, 5.74) is -0.855. The van der Waals surface area contributed by atoms with Crippen LogP contribution in [0.2, 0.25) is 5.02 Å². The molecule has 2 aliphatic rings. The zero-order valence-electron chi connectivity index (χ0n) is 17.2. The minimum absolute atomic E-state index is 0.00834. The number of amides is 1. The van der Waals surface area contributed by atoms with Crippen LogP contribution in [0.5, 0.6) is 0 Å². The molecule has 8 nitrogen and oxygen atoms in total. The van der Waals surface area contributed by atoms with E-state index in [1.807, 2.05) is 0 Å². The Balaban J connectivity index is 1.47. The monoisotopic (exact) mass is 448 g/mol. The van der Waals surface area contributed by atoms with E-state index in [0.29, 0.717) is 41.0 Å². The zero-order chi connectivity index (χ0) is 21.7. The summed E-state index contributed by atoms with van der Waals surface area (Å²) in [5, 5.41) is 9.18. The molecule has 10 heteroatoms. The smallest absolute Gasteiger partial charge is 0.264 e. The lowest BCUT2D eigenvalue weighted by atomic mass is 9.95. The van der Waals surface area contributed by atoms with Crippen molar-refractivity contribution in [3.63, 3.8) is 0 Å². The predicted octanol–water partition coefficient (Wildman–Crippen LogP) is 3.06. The van der Waals surface area contributed by atoms with Gasteiger partial charge in [-0.1, -0.05) is 11.6 Å². The van der Waals surface area contributed by atoms with Gasteiger partial charge in [-0.05, 0) is 44.2 Å². The number of alkyl halides is 1. The highest BCUT2D eigenvalue weighted by atomic mass is 35.5. The van der Waals surface area contributed by atoms with Gasteiger partial charge in [0, 0.05) is 38.1 Å². The number of rotatable bonds is 6. The maximum atomic E-state index is 14.9. The molecule has 1 atom stereocenters. The molecule has 3 N–H and O–H groups in total. The highest BCUT2D eigenvalue weighted by Crippen LogP contribution is 2.29. The molecule has 2 saturated heterocycles. The molecule has 0 radical (unpaired) electrons. The van der Waals surface area contributed by atoms with Gasteiger partial charge in [-0.25, -0.2) is 14.4 Å². The van der Waals surface area contributed by atoms with E-state index in [1.54, 1.807) is 18.5 Å². The molecule has 2 aromatic rings. The van der Waals surface area contributed by atoms with Crippen LogP contribution in [0.1, 0.15) is 25.7 Å². The first-order valence-electron chi connectivity index (χ1n) is 10.5. The average Bonchev–Trinajstić information content (AvgIpc) is 2.80. The Morgan fingerprint density at radius 1 is 1.29 bits per heavy atom. The summed E-state index contributed by atoms with van der Waals surface area (Å²) in [6, 6.07) is 1.59. The molecule has 2 fully saturated rings. The lowest BCUT2D eigenvalue weighted by Crippen LogP contribution is -2.50. The number of nitrogens with one attached hydrogen (secondary N) is 3. The molecule has 0 aromatic carbocycles. The van der Waals surface area contributed by atoms with Gasteiger partial charge in [-0.15, -0.1) is 0 Å². The van der Waals surface area contributed by atoms with E-state index >= 15 is 0 Å². The quantitative estimate of drug-likeness (QED) is 0.624.